The monoisotopic (exact) mass is 255 g/mol. The molecule has 0 spiro atoms. The van der Waals surface area contributed by atoms with E-state index in [-0.39, 0.29) is 11.9 Å². The fourth-order valence-electron chi connectivity index (χ4n) is 2.66. The first-order valence-corrected chi connectivity index (χ1v) is 7.30. The van der Waals surface area contributed by atoms with E-state index in [1.54, 1.807) is 7.05 Å². The third kappa shape index (κ3) is 5.36. The Bertz CT molecular complexity index is 239. The lowest BCUT2D eigenvalue weighted by Gasteiger charge is -2.31. The molecule has 0 saturated heterocycles. The van der Waals surface area contributed by atoms with E-state index >= 15 is 0 Å². The number of rotatable bonds is 7. The molecule has 1 atom stereocenters. The number of amides is 1. The summed E-state index contributed by atoms with van der Waals surface area (Å²) >= 11 is 0. The number of nitrogens with zero attached hydrogens (tertiary/aromatic N) is 1. The molecular weight excluding hydrogens is 226 g/mol. The van der Waals surface area contributed by atoms with E-state index in [9.17, 15) is 4.79 Å². The highest BCUT2D eigenvalue weighted by Gasteiger charge is 2.17. The van der Waals surface area contributed by atoms with E-state index < -0.39 is 0 Å². The SMILES string of the molecule is CNC(=O)C(C)NCCCN(C)C1CCCCC1. The minimum Gasteiger partial charge on any atom is -0.358 e. The van der Waals surface area contributed by atoms with E-state index in [4.69, 9.17) is 0 Å². The van der Waals surface area contributed by atoms with Crippen molar-refractivity contribution in [2.75, 3.05) is 27.2 Å². The first-order chi connectivity index (χ1) is 8.65. The maximum Gasteiger partial charge on any atom is 0.236 e. The van der Waals surface area contributed by atoms with Crippen LogP contribution in [0.3, 0.4) is 0 Å². The van der Waals surface area contributed by atoms with Crippen LogP contribution in [0.2, 0.25) is 0 Å². The molecule has 1 unspecified atom stereocenters. The average Bonchev–Trinajstić information content (AvgIpc) is 2.43. The van der Waals surface area contributed by atoms with Gasteiger partial charge in [0.1, 0.15) is 0 Å². The van der Waals surface area contributed by atoms with Gasteiger partial charge in [-0.25, -0.2) is 0 Å². The Morgan fingerprint density at radius 2 is 2.00 bits per heavy atom. The number of nitrogens with one attached hydrogen (secondary N) is 2. The third-order valence-corrected chi connectivity index (χ3v) is 3.98. The van der Waals surface area contributed by atoms with Crippen LogP contribution < -0.4 is 10.6 Å². The van der Waals surface area contributed by atoms with E-state index in [0.717, 1.165) is 25.6 Å². The molecule has 1 fully saturated rings. The predicted octanol–water partition coefficient (Wildman–Crippen LogP) is 1.37. The van der Waals surface area contributed by atoms with E-state index in [1.165, 1.54) is 32.1 Å². The Labute approximate surface area is 111 Å². The molecule has 2 N–H and O–H groups in total. The van der Waals surface area contributed by atoms with Crippen LogP contribution in [0.1, 0.15) is 45.4 Å². The number of hydrogen-bond donors (Lipinski definition) is 2. The molecule has 18 heavy (non-hydrogen) atoms. The summed E-state index contributed by atoms with van der Waals surface area (Å²) < 4.78 is 0. The van der Waals surface area contributed by atoms with E-state index in [1.807, 2.05) is 6.92 Å². The van der Waals surface area contributed by atoms with Crippen molar-refractivity contribution in [1.82, 2.24) is 15.5 Å². The maximum atomic E-state index is 11.3. The highest BCUT2D eigenvalue weighted by Crippen LogP contribution is 2.21. The predicted molar refractivity (Wildman–Crippen MR) is 75.7 cm³/mol. The van der Waals surface area contributed by atoms with Gasteiger partial charge < -0.3 is 15.5 Å². The fourth-order valence-corrected chi connectivity index (χ4v) is 2.66. The topological polar surface area (TPSA) is 44.4 Å². The molecule has 1 amide bonds. The van der Waals surface area contributed by atoms with Gasteiger partial charge in [-0.2, -0.15) is 0 Å². The normalized spacial score (nSPS) is 18.9. The molecule has 106 valence electrons. The lowest BCUT2D eigenvalue weighted by Crippen LogP contribution is -2.42. The Morgan fingerprint density at radius 3 is 2.61 bits per heavy atom. The zero-order chi connectivity index (χ0) is 13.4. The van der Waals surface area contributed by atoms with Gasteiger partial charge in [-0.05, 0) is 46.3 Å². The quantitative estimate of drug-likeness (QED) is 0.675. The van der Waals surface area contributed by atoms with Crippen molar-refractivity contribution in [2.45, 2.75) is 57.5 Å². The summed E-state index contributed by atoms with van der Waals surface area (Å²) in [6.45, 7) is 3.94. The van der Waals surface area contributed by atoms with Crippen LogP contribution in [0.4, 0.5) is 0 Å². The van der Waals surface area contributed by atoms with E-state index in [2.05, 4.69) is 22.6 Å². The number of hydrogen-bond acceptors (Lipinski definition) is 3. The van der Waals surface area contributed by atoms with Crippen LogP contribution >= 0.6 is 0 Å². The molecule has 4 heteroatoms. The van der Waals surface area contributed by atoms with Gasteiger partial charge in [-0.15, -0.1) is 0 Å². The zero-order valence-corrected chi connectivity index (χ0v) is 12.2. The van der Waals surface area contributed by atoms with Crippen molar-refractivity contribution in [1.29, 1.82) is 0 Å². The summed E-state index contributed by atoms with van der Waals surface area (Å²) in [5.41, 5.74) is 0. The first kappa shape index (κ1) is 15.4. The summed E-state index contributed by atoms with van der Waals surface area (Å²) in [7, 11) is 3.91. The molecule has 0 aromatic carbocycles. The van der Waals surface area contributed by atoms with Crippen molar-refractivity contribution >= 4 is 5.91 Å². The Morgan fingerprint density at radius 1 is 1.33 bits per heavy atom. The van der Waals surface area contributed by atoms with Gasteiger partial charge in [0.15, 0.2) is 0 Å². The molecule has 0 heterocycles. The Kier molecular flexibility index (Phi) is 7.28. The molecule has 0 radical (unpaired) electrons. The molecule has 1 saturated carbocycles. The Balaban J connectivity index is 2.07. The second-order valence-corrected chi connectivity index (χ2v) is 5.42. The number of carbonyl (C=O) groups excluding carboxylic acids is 1. The van der Waals surface area contributed by atoms with Gasteiger partial charge in [-0.1, -0.05) is 19.3 Å². The second kappa shape index (κ2) is 8.48. The summed E-state index contributed by atoms with van der Waals surface area (Å²) in [6.07, 6.45) is 8.02. The minimum atomic E-state index is -0.0880. The van der Waals surface area contributed by atoms with Crippen LogP contribution in [0.15, 0.2) is 0 Å². The molecular formula is C14H29N3O. The standard InChI is InChI=1S/C14H29N3O/c1-12(14(18)15-2)16-10-7-11-17(3)13-8-5-4-6-9-13/h12-13,16H,4-11H2,1-3H3,(H,15,18). The third-order valence-electron chi connectivity index (χ3n) is 3.98. The average molecular weight is 255 g/mol. The van der Waals surface area contributed by atoms with Gasteiger partial charge in [0.05, 0.1) is 6.04 Å². The van der Waals surface area contributed by atoms with Crippen LogP contribution in [-0.4, -0.2) is 50.1 Å². The molecule has 1 rings (SSSR count). The van der Waals surface area contributed by atoms with Gasteiger partial charge in [0, 0.05) is 13.1 Å². The lowest BCUT2D eigenvalue weighted by atomic mass is 9.94. The van der Waals surface area contributed by atoms with Crippen molar-refractivity contribution in [2.24, 2.45) is 0 Å². The van der Waals surface area contributed by atoms with Gasteiger partial charge in [-0.3, -0.25) is 4.79 Å². The number of likely N-dealkylation sites (N-methyl/N-ethyl adjacent to an activating group) is 1. The van der Waals surface area contributed by atoms with Gasteiger partial charge in [0.2, 0.25) is 5.91 Å². The molecule has 0 aromatic heterocycles. The Hall–Kier alpha value is -0.610. The number of carbonyl (C=O) groups is 1. The second-order valence-electron chi connectivity index (χ2n) is 5.42. The molecule has 1 aliphatic rings. The van der Waals surface area contributed by atoms with Crippen LogP contribution in [-0.2, 0) is 4.79 Å². The summed E-state index contributed by atoms with van der Waals surface area (Å²) in [6, 6.07) is 0.699. The zero-order valence-electron chi connectivity index (χ0n) is 12.2. The van der Waals surface area contributed by atoms with Crippen LogP contribution in [0, 0.1) is 0 Å². The lowest BCUT2D eigenvalue weighted by molar-refractivity contribution is -0.122. The van der Waals surface area contributed by atoms with Crippen LogP contribution in [0.25, 0.3) is 0 Å². The highest BCUT2D eigenvalue weighted by molar-refractivity contribution is 5.80. The maximum absolute atomic E-state index is 11.3. The summed E-state index contributed by atoms with van der Waals surface area (Å²) in [4.78, 5) is 13.8. The van der Waals surface area contributed by atoms with Crippen molar-refractivity contribution in [3.05, 3.63) is 0 Å². The summed E-state index contributed by atoms with van der Waals surface area (Å²) in [5.74, 6) is 0.0654. The highest BCUT2D eigenvalue weighted by atomic mass is 16.2. The van der Waals surface area contributed by atoms with Crippen molar-refractivity contribution in [3.63, 3.8) is 0 Å². The fraction of sp³-hybridized carbons (Fsp3) is 0.929. The molecule has 4 nitrogen and oxygen atoms in total. The molecule has 0 bridgehead atoms. The molecule has 0 aliphatic heterocycles. The van der Waals surface area contributed by atoms with Crippen LogP contribution in [0.5, 0.6) is 0 Å². The van der Waals surface area contributed by atoms with Crippen molar-refractivity contribution < 1.29 is 4.79 Å². The first-order valence-electron chi connectivity index (χ1n) is 7.30. The molecule has 1 aliphatic carbocycles. The van der Waals surface area contributed by atoms with Crippen molar-refractivity contribution in [3.8, 4) is 0 Å². The summed E-state index contributed by atoms with van der Waals surface area (Å²) in [5, 5.41) is 5.91. The minimum absolute atomic E-state index is 0.0654. The van der Waals surface area contributed by atoms with E-state index in [0.29, 0.717) is 0 Å². The smallest absolute Gasteiger partial charge is 0.236 e. The molecule has 0 aromatic rings. The largest absolute Gasteiger partial charge is 0.358 e. The van der Waals surface area contributed by atoms with Gasteiger partial charge >= 0.3 is 0 Å². The van der Waals surface area contributed by atoms with Gasteiger partial charge in [0.25, 0.3) is 0 Å².